The standard InChI is InChI=1S/C10H14N2O/c1-13-10-8(3-2-6-12-10)9(11)7-4-5-7/h2-3,6-7,9H,4-5,11H2,1H3. The molecule has 3 nitrogen and oxygen atoms in total. The number of aromatic nitrogens is 1. The quantitative estimate of drug-likeness (QED) is 0.763. The van der Waals surface area contributed by atoms with E-state index in [4.69, 9.17) is 10.5 Å². The molecule has 0 bridgehead atoms. The molecule has 1 heterocycles. The maximum Gasteiger partial charge on any atom is 0.217 e. The minimum Gasteiger partial charge on any atom is -0.481 e. The molecule has 1 aliphatic rings. The molecule has 13 heavy (non-hydrogen) atoms. The summed E-state index contributed by atoms with van der Waals surface area (Å²) >= 11 is 0. The summed E-state index contributed by atoms with van der Waals surface area (Å²) in [4.78, 5) is 4.13. The molecule has 1 unspecified atom stereocenters. The zero-order valence-electron chi connectivity index (χ0n) is 7.73. The lowest BCUT2D eigenvalue weighted by atomic mass is 10.1. The van der Waals surface area contributed by atoms with Crippen molar-refractivity contribution in [1.82, 2.24) is 4.98 Å². The number of pyridine rings is 1. The van der Waals surface area contributed by atoms with E-state index < -0.39 is 0 Å². The first kappa shape index (κ1) is 8.51. The molecule has 0 spiro atoms. The van der Waals surface area contributed by atoms with Gasteiger partial charge in [0.15, 0.2) is 0 Å². The Hall–Kier alpha value is -1.09. The van der Waals surface area contributed by atoms with Crippen molar-refractivity contribution in [2.24, 2.45) is 11.7 Å². The van der Waals surface area contributed by atoms with E-state index >= 15 is 0 Å². The van der Waals surface area contributed by atoms with Crippen LogP contribution in [0.2, 0.25) is 0 Å². The van der Waals surface area contributed by atoms with Gasteiger partial charge < -0.3 is 10.5 Å². The number of ether oxygens (including phenoxy) is 1. The minimum atomic E-state index is 0.101. The third kappa shape index (κ3) is 1.65. The van der Waals surface area contributed by atoms with Crippen LogP contribution in [-0.2, 0) is 0 Å². The van der Waals surface area contributed by atoms with Crippen molar-refractivity contribution in [3.8, 4) is 5.88 Å². The molecule has 0 aromatic carbocycles. The molecule has 2 rings (SSSR count). The molecule has 70 valence electrons. The first-order chi connectivity index (χ1) is 6.33. The molecule has 3 heteroatoms. The van der Waals surface area contributed by atoms with Gasteiger partial charge in [-0.3, -0.25) is 0 Å². The average molecular weight is 178 g/mol. The van der Waals surface area contributed by atoms with Crippen molar-refractivity contribution < 1.29 is 4.74 Å². The van der Waals surface area contributed by atoms with Crippen LogP contribution >= 0.6 is 0 Å². The second-order valence-corrected chi connectivity index (χ2v) is 3.47. The fraction of sp³-hybridized carbons (Fsp3) is 0.500. The van der Waals surface area contributed by atoms with Crippen LogP contribution < -0.4 is 10.5 Å². The molecule has 1 saturated carbocycles. The van der Waals surface area contributed by atoms with E-state index in [0.717, 1.165) is 5.56 Å². The molecule has 1 aliphatic carbocycles. The fourth-order valence-electron chi connectivity index (χ4n) is 1.54. The summed E-state index contributed by atoms with van der Waals surface area (Å²) in [6, 6.07) is 4.00. The Labute approximate surface area is 77.9 Å². The summed E-state index contributed by atoms with van der Waals surface area (Å²) in [7, 11) is 1.63. The monoisotopic (exact) mass is 178 g/mol. The number of hydrogen-bond donors (Lipinski definition) is 1. The molecule has 1 fully saturated rings. The maximum absolute atomic E-state index is 6.06. The normalized spacial score (nSPS) is 18.3. The van der Waals surface area contributed by atoms with Crippen LogP contribution in [-0.4, -0.2) is 12.1 Å². The lowest BCUT2D eigenvalue weighted by Crippen LogP contribution is -2.13. The topological polar surface area (TPSA) is 48.1 Å². The van der Waals surface area contributed by atoms with Gasteiger partial charge in [0.25, 0.3) is 0 Å². The van der Waals surface area contributed by atoms with Crippen molar-refractivity contribution in [2.45, 2.75) is 18.9 Å². The lowest BCUT2D eigenvalue weighted by molar-refractivity contribution is 0.386. The Morgan fingerprint density at radius 2 is 2.38 bits per heavy atom. The van der Waals surface area contributed by atoms with Crippen molar-refractivity contribution in [3.05, 3.63) is 23.9 Å². The lowest BCUT2D eigenvalue weighted by Gasteiger charge is -2.13. The Balaban J connectivity index is 2.26. The molecular weight excluding hydrogens is 164 g/mol. The molecule has 1 aromatic heterocycles. The van der Waals surface area contributed by atoms with Crippen LogP contribution in [0.25, 0.3) is 0 Å². The molecule has 0 saturated heterocycles. The minimum absolute atomic E-state index is 0.101. The van der Waals surface area contributed by atoms with Crippen LogP contribution in [0.3, 0.4) is 0 Å². The second-order valence-electron chi connectivity index (χ2n) is 3.47. The fourth-order valence-corrected chi connectivity index (χ4v) is 1.54. The van der Waals surface area contributed by atoms with Gasteiger partial charge in [-0.05, 0) is 24.8 Å². The van der Waals surface area contributed by atoms with Gasteiger partial charge in [0.2, 0.25) is 5.88 Å². The van der Waals surface area contributed by atoms with Gasteiger partial charge in [-0.15, -0.1) is 0 Å². The van der Waals surface area contributed by atoms with E-state index in [2.05, 4.69) is 4.98 Å². The number of nitrogens with zero attached hydrogens (tertiary/aromatic N) is 1. The second kappa shape index (κ2) is 3.34. The molecular formula is C10H14N2O. The van der Waals surface area contributed by atoms with E-state index in [1.54, 1.807) is 13.3 Å². The number of methoxy groups -OCH3 is 1. The Morgan fingerprint density at radius 3 is 3.00 bits per heavy atom. The first-order valence-electron chi connectivity index (χ1n) is 4.57. The molecule has 0 amide bonds. The predicted octanol–water partition coefficient (Wildman–Crippen LogP) is 1.50. The third-order valence-electron chi connectivity index (χ3n) is 2.48. The van der Waals surface area contributed by atoms with E-state index in [-0.39, 0.29) is 6.04 Å². The number of nitrogens with two attached hydrogens (primary N) is 1. The van der Waals surface area contributed by atoms with Gasteiger partial charge in [0, 0.05) is 17.8 Å². The van der Waals surface area contributed by atoms with E-state index in [0.29, 0.717) is 11.8 Å². The van der Waals surface area contributed by atoms with E-state index in [9.17, 15) is 0 Å². The number of hydrogen-bond acceptors (Lipinski definition) is 3. The summed E-state index contributed by atoms with van der Waals surface area (Å²) in [6.45, 7) is 0. The van der Waals surface area contributed by atoms with Crippen LogP contribution in [0.1, 0.15) is 24.4 Å². The Bertz CT molecular complexity index is 297. The van der Waals surface area contributed by atoms with Crippen LogP contribution in [0, 0.1) is 5.92 Å². The third-order valence-corrected chi connectivity index (χ3v) is 2.48. The van der Waals surface area contributed by atoms with Crippen molar-refractivity contribution in [2.75, 3.05) is 7.11 Å². The summed E-state index contributed by atoms with van der Waals surface area (Å²) in [5.74, 6) is 1.31. The largest absolute Gasteiger partial charge is 0.481 e. The first-order valence-corrected chi connectivity index (χ1v) is 4.57. The van der Waals surface area contributed by atoms with Crippen LogP contribution in [0.4, 0.5) is 0 Å². The molecule has 1 atom stereocenters. The highest BCUT2D eigenvalue weighted by Gasteiger charge is 2.31. The Morgan fingerprint density at radius 1 is 1.62 bits per heavy atom. The molecule has 2 N–H and O–H groups in total. The van der Waals surface area contributed by atoms with Crippen LogP contribution in [0.15, 0.2) is 18.3 Å². The van der Waals surface area contributed by atoms with Gasteiger partial charge >= 0.3 is 0 Å². The smallest absolute Gasteiger partial charge is 0.217 e. The van der Waals surface area contributed by atoms with E-state index in [1.807, 2.05) is 12.1 Å². The Kier molecular flexibility index (Phi) is 2.19. The van der Waals surface area contributed by atoms with Crippen LogP contribution in [0.5, 0.6) is 5.88 Å². The predicted molar refractivity (Wildman–Crippen MR) is 50.4 cm³/mol. The molecule has 0 aliphatic heterocycles. The molecule has 1 aromatic rings. The van der Waals surface area contributed by atoms with Gasteiger partial charge in [-0.2, -0.15) is 0 Å². The summed E-state index contributed by atoms with van der Waals surface area (Å²) in [6.07, 6.45) is 4.19. The van der Waals surface area contributed by atoms with Gasteiger partial charge in [0.05, 0.1) is 7.11 Å². The van der Waals surface area contributed by atoms with Crippen molar-refractivity contribution in [3.63, 3.8) is 0 Å². The molecule has 0 radical (unpaired) electrons. The highest BCUT2D eigenvalue weighted by atomic mass is 16.5. The van der Waals surface area contributed by atoms with Crippen molar-refractivity contribution >= 4 is 0 Å². The van der Waals surface area contributed by atoms with Gasteiger partial charge in [-0.1, -0.05) is 6.07 Å². The maximum atomic E-state index is 6.06. The van der Waals surface area contributed by atoms with Gasteiger partial charge in [0.1, 0.15) is 0 Å². The zero-order valence-corrected chi connectivity index (χ0v) is 7.73. The average Bonchev–Trinajstić information content (AvgIpc) is 3.00. The summed E-state index contributed by atoms with van der Waals surface area (Å²) in [5, 5.41) is 0. The zero-order chi connectivity index (χ0) is 9.26. The van der Waals surface area contributed by atoms with E-state index in [1.165, 1.54) is 12.8 Å². The SMILES string of the molecule is COc1ncccc1C(N)C1CC1. The van der Waals surface area contributed by atoms with Gasteiger partial charge in [-0.25, -0.2) is 4.98 Å². The summed E-state index contributed by atoms with van der Waals surface area (Å²) < 4.78 is 5.15. The van der Waals surface area contributed by atoms with Crippen molar-refractivity contribution in [1.29, 1.82) is 0 Å². The number of rotatable bonds is 3. The highest BCUT2D eigenvalue weighted by Crippen LogP contribution is 2.41. The summed E-state index contributed by atoms with van der Waals surface area (Å²) in [5.41, 5.74) is 7.09. The highest BCUT2D eigenvalue weighted by molar-refractivity contribution is 5.29.